The van der Waals surface area contributed by atoms with Crippen LogP contribution in [-0.4, -0.2) is 16.5 Å². The molecule has 0 aliphatic rings. The second-order valence-electron chi connectivity index (χ2n) is 2.80. The second-order valence-corrected chi connectivity index (χ2v) is 3.99. The lowest BCUT2D eigenvalue weighted by molar-refractivity contribution is 0.416. The van der Waals surface area contributed by atoms with E-state index in [2.05, 4.69) is 9.36 Å². The number of nitrogens with zero attached hydrogens (tertiary/aromatic N) is 2. The van der Waals surface area contributed by atoms with Crippen molar-refractivity contribution in [2.75, 3.05) is 12.8 Å². The van der Waals surface area contributed by atoms with E-state index in [9.17, 15) is 0 Å². The molecule has 1 aromatic carbocycles. The molecule has 0 amide bonds. The lowest BCUT2D eigenvalue weighted by atomic mass is 10.2. The molecule has 0 saturated heterocycles. The maximum atomic E-state index is 5.85. The van der Waals surface area contributed by atoms with E-state index in [1.807, 2.05) is 6.07 Å². The number of hydrogen-bond acceptors (Lipinski definition) is 5. The minimum absolute atomic E-state index is 0.270. The molecule has 2 rings (SSSR count). The monoisotopic (exact) mass is 241 g/mol. The maximum Gasteiger partial charge on any atom is 0.232 e. The number of anilines is 1. The van der Waals surface area contributed by atoms with Crippen molar-refractivity contribution in [2.24, 2.45) is 0 Å². The normalized spacial score (nSPS) is 10.3. The summed E-state index contributed by atoms with van der Waals surface area (Å²) in [6.45, 7) is 0. The van der Waals surface area contributed by atoms with Gasteiger partial charge in [0, 0.05) is 5.02 Å². The number of nitrogens with two attached hydrogens (primary N) is 1. The van der Waals surface area contributed by atoms with E-state index >= 15 is 0 Å². The fourth-order valence-electron chi connectivity index (χ4n) is 1.19. The van der Waals surface area contributed by atoms with Crippen LogP contribution in [0.4, 0.5) is 5.95 Å². The number of halogens is 1. The Morgan fingerprint density at radius 3 is 2.87 bits per heavy atom. The average molecular weight is 242 g/mol. The molecule has 0 radical (unpaired) electrons. The Bertz CT molecular complexity index is 486. The molecule has 1 aromatic heterocycles. The van der Waals surface area contributed by atoms with Crippen LogP contribution in [0.25, 0.3) is 10.6 Å². The van der Waals surface area contributed by atoms with Gasteiger partial charge in [-0.25, -0.2) is 0 Å². The minimum Gasteiger partial charge on any atom is -0.496 e. The number of rotatable bonds is 2. The van der Waals surface area contributed by atoms with Crippen molar-refractivity contribution in [1.82, 2.24) is 9.36 Å². The van der Waals surface area contributed by atoms with Gasteiger partial charge in [0.25, 0.3) is 0 Å². The van der Waals surface area contributed by atoms with E-state index in [1.54, 1.807) is 19.2 Å². The molecule has 6 heteroatoms. The van der Waals surface area contributed by atoms with E-state index < -0.39 is 0 Å². The van der Waals surface area contributed by atoms with Crippen LogP contribution >= 0.6 is 23.1 Å². The van der Waals surface area contributed by atoms with Gasteiger partial charge in [-0.1, -0.05) is 11.6 Å². The molecule has 0 aliphatic heterocycles. The Kier molecular flexibility index (Phi) is 2.75. The number of benzene rings is 1. The van der Waals surface area contributed by atoms with Crippen LogP contribution in [0.1, 0.15) is 0 Å². The summed E-state index contributed by atoms with van der Waals surface area (Å²) >= 11 is 7.08. The molecule has 15 heavy (non-hydrogen) atoms. The van der Waals surface area contributed by atoms with Crippen LogP contribution in [0.3, 0.4) is 0 Å². The molecule has 4 nitrogen and oxygen atoms in total. The van der Waals surface area contributed by atoms with Crippen molar-refractivity contribution < 1.29 is 4.74 Å². The van der Waals surface area contributed by atoms with Crippen molar-refractivity contribution in [2.45, 2.75) is 0 Å². The summed E-state index contributed by atoms with van der Waals surface area (Å²) in [7, 11) is 1.58. The maximum absolute atomic E-state index is 5.85. The van der Waals surface area contributed by atoms with Crippen molar-refractivity contribution >= 4 is 29.1 Å². The Labute approximate surface area is 95.8 Å². The molecule has 78 valence electrons. The molecule has 0 atom stereocenters. The quantitative estimate of drug-likeness (QED) is 0.877. The van der Waals surface area contributed by atoms with Crippen LogP contribution in [0.15, 0.2) is 18.2 Å². The van der Waals surface area contributed by atoms with Crippen LogP contribution in [0.5, 0.6) is 5.75 Å². The fraction of sp³-hybridized carbons (Fsp3) is 0.111. The fourth-order valence-corrected chi connectivity index (χ4v) is 1.97. The summed E-state index contributed by atoms with van der Waals surface area (Å²) in [5, 5.41) is 1.34. The Hall–Kier alpha value is -1.33. The minimum atomic E-state index is 0.270. The molecule has 2 N–H and O–H groups in total. The van der Waals surface area contributed by atoms with Gasteiger partial charge < -0.3 is 10.5 Å². The van der Waals surface area contributed by atoms with E-state index in [1.165, 1.54) is 11.5 Å². The van der Waals surface area contributed by atoms with Crippen molar-refractivity contribution in [1.29, 1.82) is 0 Å². The number of nitrogen functional groups attached to an aromatic ring is 1. The van der Waals surface area contributed by atoms with Crippen LogP contribution in [0.2, 0.25) is 5.02 Å². The van der Waals surface area contributed by atoms with Crippen LogP contribution in [-0.2, 0) is 0 Å². The van der Waals surface area contributed by atoms with Gasteiger partial charge in [-0.15, -0.1) is 0 Å². The predicted molar refractivity (Wildman–Crippen MR) is 61.3 cm³/mol. The third-order valence-corrected chi connectivity index (χ3v) is 2.83. The first-order valence-corrected chi connectivity index (χ1v) is 5.29. The Morgan fingerprint density at radius 2 is 2.27 bits per heavy atom. The van der Waals surface area contributed by atoms with Crippen molar-refractivity contribution in [3.63, 3.8) is 0 Å². The third-order valence-electron chi connectivity index (χ3n) is 1.84. The van der Waals surface area contributed by atoms with E-state index in [0.717, 1.165) is 10.6 Å². The van der Waals surface area contributed by atoms with Gasteiger partial charge in [-0.05, 0) is 29.7 Å². The number of aromatic nitrogens is 2. The summed E-state index contributed by atoms with van der Waals surface area (Å²) < 4.78 is 9.11. The highest BCUT2D eigenvalue weighted by Gasteiger charge is 2.10. The van der Waals surface area contributed by atoms with Crippen molar-refractivity contribution in [3.05, 3.63) is 23.2 Å². The lowest BCUT2D eigenvalue weighted by Gasteiger charge is -2.05. The topological polar surface area (TPSA) is 61.0 Å². The van der Waals surface area contributed by atoms with Gasteiger partial charge in [-0.2, -0.15) is 9.36 Å². The largest absolute Gasteiger partial charge is 0.496 e. The molecular formula is C9H8ClN3OS. The first-order chi connectivity index (χ1) is 7.20. The van der Waals surface area contributed by atoms with Gasteiger partial charge in [0.2, 0.25) is 5.95 Å². The van der Waals surface area contributed by atoms with Gasteiger partial charge in [-0.3, -0.25) is 0 Å². The standard InChI is InChI=1S/C9H8ClN3OS/c1-14-7-4-5(10)2-3-6(7)8-12-9(11)13-15-8/h2-4H,1H3,(H2,11,13). The molecule has 1 heterocycles. The number of hydrogen-bond donors (Lipinski definition) is 1. The summed E-state index contributed by atoms with van der Waals surface area (Å²) in [6, 6.07) is 5.34. The van der Waals surface area contributed by atoms with E-state index in [0.29, 0.717) is 10.8 Å². The molecule has 0 bridgehead atoms. The van der Waals surface area contributed by atoms with Crippen molar-refractivity contribution in [3.8, 4) is 16.3 Å². The van der Waals surface area contributed by atoms with Gasteiger partial charge in [0.05, 0.1) is 12.7 Å². The molecule has 0 fully saturated rings. The predicted octanol–water partition coefficient (Wildman–Crippen LogP) is 2.45. The Morgan fingerprint density at radius 1 is 1.47 bits per heavy atom. The molecule has 2 aromatic rings. The highest BCUT2D eigenvalue weighted by atomic mass is 35.5. The Balaban J connectivity index is 2.52. The van der Waals surface area contributed by atoms with E-state index in [4.69, 9.17) is 22.1 Å². The first-order valence-electron chi connectivity index (χ1n) is 4.14. The highest BCUT2D eigenvalue weighted by molar-refractivity contribution is 7.09. The molecule has 0 saturated carbocycles. The highest BCUT2D eigenvalue weighted by Crippen LogP contribution is 2.33. The second kappa shape index (κ2) is 4.04. The van der Waals surface area contributed by atoms with Crippen LogP contribution in [0, 0.1) is 0 Å². The molecule has 0 spiro atoms. The summed E-state index contributed by atoms with van der Waals surface area (Å²) in [5.41, 5.74) is 6.30. The van der Waals surface area contributed by atoms with Gasteiger partial charge in [0.15, 0.2) is 0 Å². The lowest BCUT2D eigenvalue weighted by Crippen LogP contribution is -1.89. The summed E-state index contributed by atoms with van der Waals surface area (Å²) in [6.07, 6.45) is 0. The first kappa shape index (κ1) is 10.2. The molecule has 0 aliphatic carbocycles. The zero-order valence-corrected chi connectivity index (χ0v) is 9.47. The average Bonchev–Trinajstić information content (AvgIpc) is 2.64. The summed E-state index contributed by atoms with van der Waals surface area (Å²) in [5.74, 6) is 0.936. The smallest absolute Gasteiger partial charge is 0.232 e. The zero-order chi connectivity index (χ0) is 10.8. The van der Waals surface area contributed by atoms with Gasteiger partial charge in [0.1, 0.15) is 10.8 Å². The SMILES string of the molecule is COc1cc(Cl)ccc1-c1nc(N)ns1. The molecular weight excluding hydrogens is 234 g/mol. The third kappa shape index (κ3) is 2.03. The zero-order valence-electron chi connectivity index (χ0n) is 7.90. The van der Waals surface area contributed by atoms with E-state index in [-0.39, 0.29) is 5.95 Å². The van der Waals surface area contributed by atoms with Crippen LogP contribution < -0.4 is 10.5 Å². The van der Waals surface area contributed by atoms with Gasteiger partial charge >= 0.3 is 0 Å². The number of ether oxygens (including phenoxy) is 1. The number of methoxy groups -OCH3 is 1. The molecule has 0 unspecified atom stereocenters. The summed E-state index contributed by atoms with van der Waals surface area (Å²) in [4.78, 5) is 4.08.